The van der Waals surface area contributed by atoms with E-state index in [1.54, 1.807) is 0 Å². The van der Waals surface area contributed by atoms with Crippen molar-refractivity contribution in [1.82, 2.24) is 0 Å². The van der Waals surface area contributed by atoms with Crippen LogP contribution in [-0.2, 0) is 0 Å². The number of aliphatic hydroxyl groups excluding tert-OH is 1. The second kappa shape index (κ2) is 6.39. The van der Waals surface area contributed by atoms with E-state index in [9.17, 15) is 5.11 Å². The average Bonchev–Trinajstić information content (AvgIpc) is 2.05. The van der Waals surface area contributed by atoms with Gasteiger partial charge in [-0.1, -0.05) is 33.6 Å². The highest BCUT2D eigenvalue weighted by Crippen LogP contribution is 2.30. The van der Waals surface area contributed by atoms with Gasteiger partial charge in [-0.15, -0.1) is 0 Å². The Bertz CT molecular complexity index is 117. The zero-order chi connectivity index (χ0) is 10.3. The fraction of sp³-hybridized carbons (Fsp3) is 1.00. The molecular formula is C11H24O2. The molecule has 0 amide bonds. The summed E-state index contributed by atoms with van der Waals surface area (Å²) < 4.78 is 0. The summed E-state index contributed by atoms with van der Waals surface area (Å²) in [7, 11) is 0. The van der Waals surface area contributed by atoms with Gasteiger partial charge in [0.15, 0.2) is 0 Å². The van der Waals surface area contributed by atoms with Crippen molar-refractivity contribution >= 4 is 0 Å². The Kier molecular flexibility index (Phi) is 6.35. The summed E-state index contributed by atoms with van der Waals surface area (Å²) in [6.07, 6.45) is 4.42. The Balaban J connectivity index is 4.18. The van der Waals surface area contributed by atoms with E-state index in [2.05, 4.69) is 13.8 Å². The largest absolute Gasteiger partial charge is 0.396 e. The maximum absolute atomic E-state index is 10.3. The van der Waals surface area contributed by atoms with Crippen LogP contribution in [0, 0.1) is 5.92 Å². The number of aliphatic hydroxyl groups is 2. The highest BCUT2D eigenvalue weighted by Gasteiger charge is 2.30. The Labute approximate surface area is 82.0 Å². The first kappa shape index (κ1) is 12.9. The third-order valence-corrected chi connectivity index (χ3v) is 2.85. The minimum Gasteiger partial charge on any atom is -0.396 e. The van der Waals surface area contributed by atoms with Gasteiger partial charge in [0.2, 0.25) is 0 Å². The molecular weight excluding hydrogens is 164 g/mol. The van der Waals surface area contributed by atoms with Crippen LogP contribution in [0.3, 0.4) is 0 Å². The van der Waals surface area contributed by atoms with Gasteiger partial charge in [-0.3, -0.25) is 0 Å². The van der Waals surface area contributed by atoms with Gasteiger partial charge in [-0.25, -0.2) is 0 Å². The molecule has 0 aliphatic heterocycles. The molecule has 0 aromatic heterocycles. The third kappa shape index (κ3) is 4.10. The number of rotatable bonds is 7. The first-order valence-electron chi connectivity index (χ1n) is 5.44. The second-order valence-electron chi connectivity index (χ2n) is 4.02. The molecule has 2 N–H and O–H groups in total. The van der Waals surface area contributed by atoms with E-state index in [1.807, 2.05) is 6.92 Å². The van der Waals surface area contributed by atoms with Crippen molar-refractivity contribution in [3.8, 4) is 0 Å². The van der Waals surface area contributed by atoms with Crippen LogP contribution in [0.5, 0.6) is 0 Å². The van der Waals surface area contributed by atoms with E-state index in [-0.39, 0.29) is 12.5 Å². The van der Waals surface area contributed by atoms with Crippen LogP contribution in [0.15, 0.2) is 0 Å². The molecule has 0 saturated heterocycles. The van der Waals surface area contributed by atoms with Crippen LogP contribution in [0.25, 0.3) is 0 Å². The van der Waals surface area contributed by atoms with E-state index in [0.717, 1.165) is 25.7 Å². The molecule has 0 aliphatic carbocycles. The molecule has 0 aromatic carbocycles. The van der Waals surface area contributed by atoms with Gasteiger partial charge < -0.3 is 10.2 Å². The summed E-state index contributed by atoms with van der Waals surface area (Å²) >= 11 is 0. The van der Waals surface area contributed by atoms with Gasteiger partial charge in [0.05, 0.1) is 5.60 Å². The van der Waals surface area contributed by atoms with E-state index < -0.39 is 5.60 Å². The maximum atomic E-state index is 10.3. The molecule has 0 aliphatic rings. The highest BCUT2D eigenvalue weighted by atomic mass is 16.3. The van der Waals surface area contributed by atoms with Crippen molar-refractivity contribution in [2.24, 2.45) is 5.92 Å². The molecule has 0 radical (unpaired) electrons. The fourth-order valence-electron chi connectivity index (χ4n) is 1.95. The van der Waals surface area contributed by atoms with E-state index in [0.29, 0.717) is 6.42 Å². The van der Waals surface area contributed by atoms with E-state index >= 15 is 0 Å². The standard InChI is InChI=1S/C11H24O2/c1-4-7-11(13,8-5-2)10(3)6-9-12/h10,12-13H,4-9H2,1-3H3. The predicted octanol–water partition coefficient (Wildman–Crippen LogP) is 2.34. The molecule has 0 rings (SSSR count). The lowest BCUT2D eigenvalue weighted by atomic mass is 9.80. The lowest BCUT2D eigenvalue weighted by Gasteiger charge is -2.33. The minimum atomic E-state index is -0.549. The summed E-state index contributed by atoms with van der Waals surface area (Å²) in [5, 5.41) is 19.1. The van der Waals surface area contributed by atoms with Crippen LogP contribution < -0.4 is 0 Å². The van der Waals surface area contributed by atoms with Gasteiger partial charge in [0.25, 0.3) is 0 Å². The van der Waals surface area contributed by atoms with Gasteiger partial charge >= 0.3 is 0 Å². The van der Waals surface area contributed by atoms with Crippen molar-refractivity contribution in [3.05, 3.63) is 0 Å². The molecule has 2 nitrogen and oxygen atoms in total. The van der Waals surface area contributed by atoms with Crippen LogP contribution in [0.1, 0.15) is 52.9 Å². The lowest BCUT2D eigenvalue weighted by molar-refractivity contribution is -0.0359. The predicted molar refractivity (Wildman–Crippen MR) is 55.6 cm³/mol. The van der Waals surface area contributed by atoms with Crippen LogP contribution in [0.4, 0.5) is 0 Å². The quantitative estimate of drug-likeness (QED) is 0.644. The molecule has 0 bridgehead atoms. The molecule has 2 heteroatoms. The fourth-order valence-corrected chi connectivity index (χ4v) is 1.95. The molecule has 0 aromatic rings. The Morgan fingerprint density at radius 2 is 1.62 bits per heavy atom. The molecule has 0 heterocycles. The molecule has 1 atom stereocenters. The van der Waals surface area contributed by atoms with Crippen LogP contribution in [-0.4, -0.2) is 22.4 Å². The van der Waals surface area contributed by atoms with Gasteiger partial charge in [0, 0.05) is 6.61 Å². The molecule has 1 unspecified atom stereocenters. The maximum Gasteiger partial charge on any atom is 0.0673 e. The SMILES string of the molecule is CCCC(O)(CCC)C(C)CCO. The lowest BCUT2D eigenvalue weighted by Crippen LogP contribution is -2.36. The topological polar surface area (TPSA) is 40.5 Å². The van der Waals surface area contributed by atoms with Crippen LogP contribution >= 0.6 is 0 Å². The van der Waals surface area contributed by atoms with Crippen molar-refractivity contribution in [2.75, 3.05) is 6.61 Å². The third-order valence-electron chi connectivity index (χ3n) is 2.85. The van der Waals surface area contributed by atoms with E-state index in [4.69, 9.17) is 5.11 Å². The monoisotopic (exact) mass is 188 g/mol. The molecule has 80 valence electrons. The smallest absolute Gasteiger partial charge is 0.0673 e. The highest BCUT2D eigenvalue weighted by molar-refractivity contribution is 4.83. The Hall–Kier alpha value is -0.0800. The molecule has 0 spiro atoms. The number of hydrogen-bond acceptors (Lipinski definition) is 2. The van der Waals surface area contributed by atoms with E-state index in [1.165, 1.54) is 0 Å². The van der Waals surface area contributed by atoms with Crippen molar-refractivity contribution in [2.45, 2.75) is 58.5 Å². The molecule has 0 saturated carbocycles. The first-order chi connectivity index (χ1) is 6.10. The second-order valence-corrected chi connectivity index (χ2v) is 4.02. The molecule has 0 fully saturated rings. The number of hydrogen-bond donors (Lipinski definition) is 2. The van der Waals surface area contributed by atoms with Crippen molar-refractivity contribution < 1.29 is 10.2 Å². The minimum absolute atomic E-state index is 0.177. The summed E-state index contributed by atoms with van der Waals surface area (Å²) in [5.41, 5.74) is -0.549. The Morgan fingerprint density at radius 1 is 1.15 bits per heavy atom. The summed E-state index contributed by atoms with van der Waals surface area (Å²) in [6, 6.07) is 0. The zero-order valence-electron chi connectivity index (χ0n) is 9.21. The summed E-state index contributed by atoms with van der Waals surface area (Å²) in [6.45, 7) is 6.39. The van der Waals surface area contributed by atoms with Gasteiger partial charge in [0.1, 0.15) is 0 Å². The van der Waals surface area contributed by atoms with Crippen molar-refractivity contribution in [1.29, 1.82) is 0 Å². The van der Waals surface area contributed by atoms with Crippen LogP contribution in [0.2, 0.25) is 0 Å². The zero-order valence-corrected chi connectivity index (χ0v) is 9.21. The normalized spacial score (nSPS) is 14.5. The summed E-state index contributed by atoms with van der Waals surface area (Å²) in [5.74, 6) is 0.206. The van der Waals surface area contributed by atoms with Gasteiger partial charge in [-0.05, 0) is 25.2 Å². The summed E-state index contributed by atoms with van der Waals surface area (Å²) in [4.78, 5) is 0. The van der Waals surface area contributed by atoms with Gasteiger partial charge in [-0.2, -0.15) is 0 Å². The van der Waals surface area contributed by atoms with Crippen molar-refractivity contribution in [3.63, 3.8) is 0 Å². The molecule has 13 heavy (non-hydrogen) atoms. The Morgan fingerprint density at radius 3 is 1.92 bits per heavy atom. The first-order valence-corrected chi connectivity index (χ1v) is 5.44. The average molecular weight is 188 g/mol.